The number of nitrogens with zero attached hydrogens (tertiary/aromatic N) is 4. The van der Waals surface area contributed by atoms with Crippen molar-refractivity contribution in [3.8, 4) is 0 Å². The molecule has 0 aliphatic rings. The van der Waals surface area contributed by atoms with Crippen molar-refractivity contribution in [1.29, 1.82) is 0 Å². The molecule has 3 N–H and O–H groups in total. The van der Waals surface area contributed by atoms with E-state index in [0.29, 0.717) is 5.82 Å². The summed E-state index contributed by atoms with van der Waals surface area (Å²) in [5, 5.41) is 3.15. The molecule has 7 heteroatoms. The van der Waals surface area contributed by atoms with Crippen LogP contribution in [0.4, 0.5) is 11.6 Å². The molecule has 0 aliphatic heterocycles. The zero-order chi connectivity index (χ0) is 14.5. The lowest BCUT2D eigenvalue weighted by Crippen LogP contribution is -2.20. The summed E-state index contributed by atoms with van der Waals surface area (Å²) in [6.45, 7) is 4.83. The van der Waals surface area contributed by atoms with E-state index >= 15 is 0 Å². The molecule has 0 fully saturated rings. The van der Waals surface area contributed by atoms with E-state index in [1.54, 1.807) is 11.3 Å². The minimum absolute atomic E-state index is 0.639. The van der Waals surface area contributed by atoms with Crippen LogP contribution in [0, 0.1) is 6.92 Å². The van der Waals surface area contributed by atoms with Gasteiger partial charge < -0.3 is 10.3 Å². The van der Waals surface area contributed by atoms with Crippen LogP contribution in [0.1, 0.15) is 29.9 Å². The van der Waals surface area contributed by atoms with Crippen LogP contribution in [0.2, 0.25) is 0 Å². The van der Waals surface area contributed by atoms with Crippen LogP contribution >= 0.6 is 11.3 Å². The van der Waals surface area contributed by atoms with Crippen molar-refractivity contribution in [2.45, 2.75) is 33.2 Å². The number of aromatic nitrogens is 3. The van der Waals surface area contributed by atoms with Gasteiger partial charge in [0.1, 0.15) is 17.5 Å². The first kappa shape index (κ1) is 14.7. The number of nitrogens with two attached hydrogens (primary N) is 1. The van der Waals surface area contributed by atoms with Crippen LogP contribution < -0.4 is 16.2 Å². The lowest BCUT2D eigenvalue weighted by molar-refractivity contribution is 0.807. The average molecular weight is 292 g/mol. The van der Waals surface area contributed by atoms with E-state index in [1.165, 1.54) is 0 Å². The fourth-order valence-corrected chi connectivity index (χ4v) is 2.50. The number of hydrogen-bond donors (Lipinski definition) is 2. The molecule has 0 aliphatic carbocycles. The molecular formula is C13H20N6S. The normalized spacial score (nSPS) is 10.6. The van der Waals surface area contributed by atoms with Crippen molar-refractivity contribution >= 4 is 23.0 Å². The van der Waals surface area contributed by atoms with Gasteiger partial charge in [0.25, 0.3) is 0 Å². The third-order valence-electron chi connectivity index (χ3n) is 2.84. The third kappa shape index (κ3) is 3.64. The Kier molecular flexibility index (Phi) is 4.86. The summed E-state index contributed by atoms with van der Waals surface area (Å²) >= 11 is 1.66. The van der Waals surface area contributed by atoms with Gasteiger partial charge in [-0.15, -0.1) is 11.3 Å². The van der Waals surface area contributed by atoms with Crippen LogP contribution in [-0.2, 0) is 13.0 Å². The summed E-state index contributed by atoms with van der Waals surface area (Å²) in [6.07, 6.45) is 1.84. The maximum atomic E-state index is 5.47. The highest BCUT2D eigenvalue weighted by Gasteiger charge is 2.10. The Hall–Kier alpha value is -1.73. The van der Waals surface area contributed by atoms with E-state index in [0.717, 1.165) is 41.7 Å². The monoisotopic (exact) mass is 292 g/mol. The zero-order valence-electron chi connectivity index (χ0n) is 12.1. The van der Waals surface area contributed by atoms with Gasteiger partial charge in [0.05, 0.1) is 17.2 Å². The highest BCUT2D eigenvalue weighted by molar-refractivity contribution is 7.09. The van der Waals surface area contributed by atoms with Crippen molar-refractivity contribution in [1.82, 2.24) is 15.0 Å². The predicted octanol–water partition coefficient (Wildman–Crippen LogP) is 2.12. The SMILES string of the molecule is CCCc1nc(NN)cc(N(C)Cc2csc(C)n2)n1. The van der Waals surface area contributed by atoms with E-state index in [-0.39, 0.29) is 0 Å². The topological polar surface area (TPSA) is 80.0 Å². The summed E-state index contributed by atoms with van der Waals surface area (Å²) in [5.74, 6) is 7.76. The summed E-state index contributed by atoms with van der Waals surface area (Å²) in [6, 6.07) is 1.85. The van der Waals surface area contributed by atoms with Gasteiger partial charge in [0.2, 0.25) is 0 Å². The number of anilines is 2. The predicted molar refractivity (Wildman–Crippen MR) is 82.8 cm³/mol. The fraction of sp³-hybridized carbons (Fsp3) is 0.462. The van der Waals surface area contributed by atoms with Gasteiger partial charge in [-0.05, 0) is 13.3 Å². The smallest absolute Gasteiger partial charge is 0.145 e. The second-order valence-electron chi connectivity index (χ2n) is 4.64. The zero-order valence-corrected chi connectivity index (χ0v) is 12.9. The average Bonchev–Trinajstić information content (AvgIpc) is 2.84. The number of hydrazine groups is 1. The first-order valence-corrected chi connectivity index (χ1v) is 7.47. The van der Waals surface area contributed by atoms with Crippen molar-refractivity contribution in [3.63, 3.8) is 0 Å². The Balaban J connectivity index is 2.19. The van der Waals surface area contributed by atoms with Crippen LogP contribution in [0.5, 0.6) is 0 Å². The Labute approximate surface area is 123 Å². The summed E-state index contributed by atoms with van der Waals surface area (Å²) in [5.41, 5.74) is 3.65. The summed E-state index contributed by atoms with van der Waals surface area (Å²) < 4.78 is 0. The fourth-order valence-electron chi connectivity index (χ4n) is 1.89. The molecule has 2 aromatic rings. The number of hydrogen-bond acceptors (Lipinski definition) is 7. The van der Waals surface area contributed by atoms with E-state index in [9.17, 15) is 0 Å². The molecule has 2 heterocycles. The van der Waals surface area contributed by atoms with Gasteiger partial charge in [-0.25, -0.2) is 20.8 Å². The van der Waals surface area contributed by atoms with Crippen LogP contribution in [0.25, 0.3) is 0 Å². The van der Waals surface area contributed by atoms with Crippen molar-refractivity contribution in [3.05, 3.63) is 28.0 Å². The second-order valence-corrected chi connectivity index (χ2v) is 5.70. The molecule has 0 radical (unpaired) electrons. The lowest BCUT2D eigenvalue weighted by Gasteiger charge is -2.18. The van der Waals surface area contributed by atoms with Crippen molar-refractivity contribution < 1.29 is 0 Å². The Morgan fingerprint density at radius 3 is 2.75 bits per heavy atom. The van der Waals surface area contributed by atoms with Gasteiger partial charge in [0.15, 0.2) is 0 Å². The number of aryl methyl sites for hydroxylation is 2. The molecule has 0 atom stereocenters. The Morgan fingerprint density at radius 1 is 1.35 bits per heavy atom. The minimum Gasteiger partial charge on any atom is -0.354 e. The molecule has 0 amide bonds. The first-order valence-electron chi connectivity index (χ1n) is 6.59. The number of thiazole rings is 1. The van der Waals surface area contributed by atoms with E-state index < -0.39 is 0 Å². The van der Waals surface area contributed by atoms with Crippen LogP contribution in [-0.4, -0.2) is 22.0 Å². The minimum atomic E-state index is 0.639. The van der Waals surface area contributed by atoms with Gasteiger partial charge in [-0.3, -0.25) is 0 Å². The second kappa shape index (κ2) is 6.62. The van der Waals surface area contributed by atoms with Crippen molar-refractivity contribution in [2.24, 2.45) is 5.84 Å². The molecule has 0 saturated heterocycles. The molecule has 108 valence electrons. The highest BCUT2D eigenvalue weighted by Crippen LogP contribution is 2.18. The molecule has 2 aromatic heterocycles. The molecule has 0 bridgehead atoms. The van der Waals surface area contributed by atoms with E-state index in [4.69, 9.17) is 5.84 Å². The Morgan fingerprint density at radius 2 is 2.15 bits per heavy atom. The maximum absolute atomic E-state index is 5.47. The van der Waals surface area contributed by atoms with Gasteiger partial charge >= 0.3 is 0 Å². The summed E-state index contributed by atoms with van der Waals surface area (Å²) in [4.78, 5) is 15.4. The van der Waals surface area contributed by atoms with Crippen LogP contribution in [0.3, 0.4) is 0 Å². The molecule has 20 heavy (non-hydrogen) atoms. The Bertz CT molecular complexity index is 568. The van der Waals surface area contributed by atoms with Crippen molar-refractivity contribution in [2.75, 3.05) is 17.4 Å². The molecule has 0 unspecified atom stereocenters. The van der Waals surface area contributed by atoms with Gasteiger partial charge in [0, 0.05) is 24.9 Å². The number of nitrogen functional groups attached to an aromatic ring is 1. The quantitative estimate of drug-likeness (QED) is 0.627. The molecular weight excluding hydrogens is 272 g/mol. The van der Waals surface area contributed by atoms with E-state index in [2.05, 4.69) is 37.6 Å². The van der Waals surface area contributed by atoms with Gasteiger partial charge in [-0.2, -0.15) is 0 Å². The van der Waals surface area contributed by atoms with E-state index in [1.807, 2.05) is 20.0 Å². The maximum Gasteiger partial charge on any atom is 0.145 e. The highest BCUT2D eigenvalue weighted by atomic mass is 32.1. The van der Waals surface area contributed by atoms with Gasteiger partial charge in [-0.1, -0.05) is 6.92 Å². The first-order chi connectivity index (χ1) is 9.62. The summed E-state index contributed by atoms with van der Waals surface area (Å²) in [7, 11) is 1.99. The number of rotatable bonds is 6. The molecule has 0 saturated carbocycles. The largest absolute Gasteiger partial charge is 0.354 e. The van der Waals surface area contributed by atoms with Crippen LogP contribution in [0.15, 0.2) is 11.4 Å². The molecule has 0 aromatic carbocycles. The third-order valence-corrected chi connectivity index (χ3v) is 3.66. The lowest BCUT2D eigenvalue weighted by atomic mass is 10.3. The molecule has 0 spiro atoms. The standard InChI is InChI=1S/C13H20N6S/c1-4-5-11-16-12(18-14)6-13(17-11)19(3)7-10-8-20-9(2)15-10/h6,8H,4-5,7,14H2,1-3H3,(H,16,17,18). The molecule has 6 nitrogen and oxygen atoms in total. The number of nitrogens with one attached hydrogen (secondary N) is 1. The molecule has 2 rings (SSSR count).